The van der Waals surface area contributed by atoms with Crippen LogP contribution in [-0.4, -0.2) is 34.0 Å². The number of carbonyl (C=O) groups is 1. The molecule has 0 radical (unpaired) electrons. The minimum atomic E-state index is -0.0984. The van der Waals surface area contributed by atoms with Crippen LogP contribution in [0.5, 0.6) is 5.75 Å². The molecule has 1 heterocycles. The van der Waals surface area contributed by atoms with E-state index in [0.717, 1.165) is 16.9 Å². The quantitative estimate of drug-likeness (QED) is 0.605. The molecule has 6 nitrogen and oxygen atoms in total. The molecule has 3 aromatic rings. The Kier molecular flexibility index (Phi) is 6.14. The summed E-state index contributed by atoms with van der Waals surface area (Å²) in [5.41, 5.74) is 1.81. The number of ether oxygens (including phenoxy) is 1. The van der Waals surface area contributed by atoms with Crippen molar-refractivity contribution in [3.8, 4) is 17.1 Å². The molecule has 1 aromatic heterocycles. The number of halogens is 1. The van der Waals surface area contributed by atoms with Crippen molar-refractivity contribution in [2.45, 2.75) is 11.7 Å². The van der Waals surface area contributed by atoms with Gasteiger partial charge in [-0.3, -0.25) is 9.89 Å². The van der Waals surface area contributed by atoms with E-state index in [1.807, 2.05) is 36.4 Å². The van der Waals surface area contributed by atoms with E-state index >= 15 is 0 Å². The number of thioether (sulfide) groups is 1. The number of nitrogens with zero attached hydrogens (tertiary/aromatic N) is 2. The topological polar surface area (TPSA) is 79.9 Å². The summed E-state index contributed by atoms with van der Waals surface area (Å²) >= 11 is 7.15. The van der Waals surface area contributed by atoms with Crippen molar-refractivity contribution in [2.24, 2.45) is 0 Å². The molecule has 1 amide bonds. The highest BCUT2D eigenvalue weighted by Crippen LogP contribution is 2.21. The lowest BCUT2D eigenvalue weighted by Gasteiger charge is -2.08. The largest absolute Gasteiger partial charge is 0.496 e. The van der Waals surface area contributed by atoms with E-state index in [2.05, 4.69) is 20.5 Å². The van der Waals surface area contributed by atoms with Crippen molar-refractivity contribution < 1.29 is 9.53 Å². The van der Waals surface area contributed by atoms with Crippen molar-refractivity contribution in [1.82, 2.24) is 20.5 Å². The number of amides is 1. The number of aromatic nitrogens is 3. The van der Waals surface area contributed by atoms with E-state index in [1.165, 1.54) is 11.8 Å². The molecule has 0 saturated heterocycles. The molecule has 0 spiro atoms. The van der Waals surface area contributed by atoms with Gasteiger partial charge in [0, 0.05) is 22.7 Å². The van der Waals surface area contributed by atoms with E-state index in [4.69, 9.17) is 16.3 Å². The molecule has 0 aliphatic heterocycles. The van der Waals surface area contributed by atoms with E-state index < -0.39 is 0 Å². The zero-order valence-corrected chi connectivity index (χ0v) is 15.6. The molecule has 0 bridgehead atoms. The summed E-state index contributed by atoms with van der Waals surface area (Å²) < 4.78 is 5.27. The summed E-state index contributed by atoms with van der Waals surface area (Å²) in [5.74, 6) is 1.52. The third-order valence-corrected chi connectivity index (χ3v) is 4.68. The fourth-order valence-corrected chi connectivity index (χ4v) is 3.03. The molecule has 2 aromatic carbocycles. The lowest BCUT2D eigenvalue weighted by atomic mass is 10.2. The second-order valence-electron chi connectivity index (χ2n) is 5.35. The Morgan fingerprint density at radius 3 is 2.77 bits per heavy atom. The first-order valence-corrected chi connectivity index (χ1v) is 9.22. The summed E-state index contributed by atoms with van der Waals surface area (Å²) in [6, 6.07) is 14.9. The summed E-state index contributed by atoms with van der Waals surface area (Å²) in [7, 11) is 1.61. The summed E-state index contributed by atoms with van der Waals surface area (Å²) in [5, 5.41) is 11.0. The standard InChI is InChI=1S/C18H17ClN4O2S/c1-25-15-5-3-2-4-13(15)10-20-16(24)11-26-18-21-17(22-23-18)12-6-8-14(19)9-7-12/h2-9H,10-11H2,1H3,(H,20,24)(H,21,22,23). The minimum absolute atomic E-state index is 0.0984. The molecule has 2 N–H and O–H groups in total. The normalized spacial score (nSPS) is 10.5. The molecule has 0 atom stereocenters. The second kappa shape index (κ2) is 8.73. The van der Waals surface area contributed by atoms with E-state index in [9.17, 15) is 4.79 Å². The van der Waals surface area contributed by atoms with Crippen LogP contribution in [0.4, 0.5) is 0 Å². The molecular weight excluding hydrogens is 372 g/mol. The van der Waals surface area contributed by atoms with E-state index in [1.54, 1.807) is 19.2 Å². The number of aromatic amines is 1. The van der Waals surface area contributed by atoms with Gasteiger partial charge in [0.15, 0.2) is 5.82 Å². The lowest BCUT2D eigenvalue weighted by molar-refractivity contribution is -0.118. The predicted molar refractivity (Wildman–Crippen MR) is 102 cm³/mol. The van der Waals surface area contributed by atoms with Crippen LogP contribution in [0.15, 0.2) is 53.7 Å². The van der Waals surface area contributed by atoms with Gasteiger partial charge in [0.1, 0.15) is 5.75 Å². The number of hydrogen-bond acceptors (Lipinski definition) is 5. The highest BCUT2D eigenvalue weighted by molar-refractivity contribution is 7.99. The highest BCUT2D eigenvalue weighted by atomic mass is 35.5. The maximum absolute atomic E-state index is 12.1. The Labute approximate surface area is 160 Å². The van der Waals surface area contributed by atoms with Crippen LogP contribution in [0.3, 0.4) is 0 Å². The van der Waals surface area contributed by atoms with Gasteiger partial charge >= 0.3 is 0 Å². The Balaban J connectivity index is 1.51. The Morgan fingerprint density at radius 2 is 2.00 bits per heavy atom. The Morgan fingerprint density at radius 1 is 1.23 bits per heavy atom. The lowest BCUT2D eigenvalue weighted by Crippen LogP contribution is -2.24. The number of rotatable bonds is 7. The SMILES string of the molecule is COc1ccccc1CNC(=O)CSc1n[nH]c(-c2ccc(Cl)cc2)n1. The number of para-hydroxylation sites is 1. The molecule has 134 valence electrons. The van der Waals surface area contributed by atoms with Crippen LogP contribution in [0, 0.1) is 0 Å². The van der Waals surface area contributed by atoms with Crippen molar-refractivity contribution >= 4 is 29.3 Å². The fourth-order valence-electron chi connectivity index (χ4n) is 2.27. The van der Waals surface area contributed by atoms with Gasteiger partial charge in [-0.15, -0.1) is 5.10 Å². The highest BCUT2D eigenvalue weighted by Gasteiger charge is 2.10. The average Bonchev–Trinajstić information content (AvgIpc) is 3.14. The monoisotopic (exact) mass is 388 g/mol. The molecule has 0 aliphatic carbocycles. The predicted octanol–water partition coefficient (Wildman–Crippen LogP) is 3.54. The number of carbonyl (C=O) groups excluding carboxylic acids is 1. The van der Waals surface area contributed by atoms with Crippen molar-refractivity contribution in [3.05, 3.63) is 59.1 Å². The average molecular weight is 389 g/mol. The summed E-state index contributed by atoms with van der Waals surface area (Å²) in [6.07, 6.45) is 0. The van der Waals surface area contributed by atoms with Crippen LogP contribution >= 0.6 is 23.4 Å². The molecular formula is C18H17ClN4O2S. The zero-order chi connectivity index (χ0) is 18.4. The number of nitrogens with one attached hydrogen (secondary N) is 2. The van der Waals surface area contributed by atoms with E-state index in [0.29, 0.717) is 22.5 Å². The van der Waals surface area contributed by atoms with Crippen molar-refractivity contribution in [3.63, 3.8) is 0 Å². The van der Waals surface area contributed by atoms with Gasteiger partial charge in [-0.05, 0) is 30.3 Å². The van der Waals surface area contributed by atoms with Crippen LogP contribution < -0.4 is 10.1 Å². The molecule has 0 aliphatic rings. The maximum atomic E-state index is 12.1. The Hall–Kier alpha value is -2.51. The van der Waals surface area contributed by atoms with Gasteiger partial charge < -0.3 is 10.1 Å². The van der Waals surface area contributed by atoms with Crippen molar-refractivity contribution in [1.29, 1.82) is 0 Å². The van der Waals surface area contributed by atoms with Crippen molar-refractivity contribution in [2.75, 3.05) is 12.9 Å². The fraction of sp³-hybridized carbons (Fsp3) is 0.167. The van der Waals surface area contributed by atoms with Gasteiger partial charge in [0.05, 0.1) is 12.9 Å². The minimum Gasteiger partial charge on any atom is -0.496 e. The first-order valence-electron chi connectivity index (χ1n) is 7.85. The third-order valence-electron chi connectivity index (χ3n) is 3.58. The van der Waals surface area contributed by atoms with Gasteiger partial charge in [-0.25, -0.2) is 4.98 Å². The van der Waals surface area contributed by atoms with Crippen LogP contribution in [0.1, 0.15) is 5.56 Å². The molecule has 26 heavy (non-hydrogen) atoms. The first-order chi connectivity index (χ1) is 12.7. The Bertz CT molecular complexity index is 883. The van der Waals surface area contributed by atoms with Crippen LogP contribution in [0.25, 0.3) is 11.4 Å². The second-order valence-corrected chi connectivity index (χ2v) is 6.73. The number of benzene rings is 2. The summed E-state index contributed by atoms with van der Waals surface area (Å²) in [4.78, 5) is 16.4. The summed E-state index contributed by atoms with van der Waals surface area (Å²) in [6.45, 7) is 0.410. The molecule has 3 rings (SSSR count). The number of methoxy groups -OCH3 is 1. The van der Waals surface area contributed by atoms with Gasteiger partial charge in [-0.2, -0.15) is 0 Å². The van der Waals surface area contributed by atoms with Gasteiger partial charge in [0.25, 0.3) is 0 Å². The van der Waals surface area contributed by atoms with Crippen LogP contribution in [0.2, 0.25) is 5.02 Å². The number of hydrogen-bond donors (Lipinski definition) is 2. The van der Waals surface area contributed by atoms with Gasteiger partial charge in [0.2, 0.25) is 11.1 Å². The molecule has 0 saturated carbocycles. The smallest absolute Gasteiger partial charge is 0.230 e. The first kappa shape index (κ1) is 18.3. The number of H-pyrrole nitrogens is 1. The molecule has 8 heteroatoms. The third kappa shape index (κ3) is 4.77. The van der Waals surface area contributed by atoms with E-state index in [-0.39, 0.29) is 11.7 Å². The van der Waals surface area contributed by atoms with Crippen LogP contribution in [-0.2, 0) is 11.3 Å². The maximum Gasteiger partial charge on any atom is 0.230 e. The molecule has 0 fully saturated rings. The van der Waals surface area contributed by atoms with Gasteiger partial charge in [-0.1, -0.05) is 41.6 Å². The zero-order valence-electron chi connectivity index (χ0n) is 14.0. The molecule has 0 unspecified atom stereocenters.